The third-order valence-electron chi connectivity index (χ3n) is 1.00. The number of hydrogen-bond donors (Lipinski definition) is 1. The summed E-state index contributed by atoms with van der Waals surface area (Å²) in [7, 11) is 1.56. The molecule has 0 spiro atoms. The first-order chi connectivity index (χ1) is 3.83. The molecule has 3 nitrogen and oxygen atoms in total. The van der Waals surface area contributed by atoms with Crippen LogP contribution in [0, 0.1) is 0 Å². The summed E-state index contributed by atoms with van der Waals surface area (Å²) in [6, 6.07) is 0. The standard InChI is InChI=1S/C5H9NO2.ClH/c1-6-5(7)8-4-2-3-4;/h4H,2-3H2,1H3,(H,6,7);1H. The number of nitrogens with one attached hydrogen (secondary N) is 1. The van der Waals surface area contributed by atoms with Crippen LogP contribution in [0.2, 0.25) is 0 Å². The predicted octanol–water partition coefficient (Wildman–Crippen LogP) is 0.927. The molecule has 4 heteroatoms. The largest absolute Gasteiger partial charge is 0.446 e. The maximum Gasteiger partial charge on any atom is 0.407 e. The number of ether oxygens (including phenoxy) is 1. The highest BCUT2D eigenvalue weighted by Gasteiger charge is 2.25. The minimum atomic E-state index is -0.312. The van der Waals surface area contributed by atoms with Gasteiger partial charge in [0.25, 0.3) is 0 Å². The Hall–Kier alpha value is -0.440. The second kappa shape index (κ2) is 3.56. The summed E-state index contributed by atoms with van der Waals surface area (Å²) in [4.78, 5) is 10.3. The van der Waals surface area contributed by atoms with Crippen molar-refractivity contribution in [2.45, 2.75) is 18.9 Å². The Morgan fingerprint density at radius 2 is 2.22 bits per heavy atom. The first-order valence-electron chi connectivity index (χ1n) is 2.71. The van der Waals surface area contributed by atoms with Gasteiger partial charge in [0.05, 0.1) is 0 Å². The first kappa shape index (κ1) is 8.56. The van der Waals surface area contributed by atoms with Crippen LogP contribution in [0.5, 0.6) is 0 Å². The van der Waals surface area contributed by atoms with Gasteiger partial charge in [0.2, 0.25) is 0 Å². The lowest BCUT2D eigenvalue weighted by molar-refractivity contribution is 0.141. The van der Waals surface area contributed by atoms with Crippen molar-refractivity contribution in [1.29, 1.82) is 0 Å². The molecular weight excluding hydrogens is 142 g/mol. The SMILES string of the molecule is CNC(=O)OC1CC1.Cl. The summed E-state index contributed by atoms with van der Waals surface area (Å²) in [6.07, 6.45) is 1.98. The van der Waals surface area contributed by atoms with Crippen LogP contribution < -0.4 is 5.32 Å². The molecule has 0 aliphatic heterocycles. The number of carbonyl (C=O) groups excluding carboxylic acids is 1. The lowest BCUT2D eigenvalue weighted by atomic mass is 10.8. The Labute approximate surface area is 60.2 Å². The maximum absolute atomic E-state index is 10.3. The quantitative estimate of drug-likeness (QED) is 0.606. The average Bonchev–Trinajstić information content (AvgIpc) is 2.50. The Morgan fingerprint density at radius 3 is 2.56 bits per heavy atom. The first-order valence-corrected chi connectivity index (χ1v) is 2.71. The van der Waals surface area contributed by atoms with Crippen LogP contribution in [0.1, 0.15) is 12.8 Å². The van der Waals surface area contributed by atoms with Crippen LogP contribution in [-0.4, -0.2) is 19.2 Å². The molecule has 0 aromatic rings. The Morgan fingerprint density at radius 1 is 1.67 bits per heavy atom. The van der Waals surface area contributed by atoms with Gasteiger partial charge in [-0.25, -0.2) is 4.79 Å². The molecule has 0 radical (unpaired) electrons. The van der Waals surface area contributed by atoms with E-state index in [9.17, 15) is 4.79 Å². The summed E-state index contributed by atoms with van der Waals surface area (Å²) < 4.78 is 4.76. The summed E-state index contributed by atoms with van der Waals surface area (Å²) in [5.74, 6) is 0. The van der Waals surface area contributed by atoms with E-state index in [-0.39, 0.29) is 24.6 Å². The van der Waals surface area contributed by atoms with E-state index in [0.717, 1.165) is 12.8 Å². The lowest BCUT2D eigenvalue weighted by Crippen LogP contribution is -2.19. The van der Waals surface area contributed by atoms with Crippen molar-refractivity contribution >= 4 is 18.5 Å². The third-order valence-corrected chi connectivity index (χ3v) is 1.00. The van der Waals surface area contributed by atoms with Crippen molar-refractivity contribution < 1.29 is 9.53 Å². The van der Waals surface area contributed by atoms with Crippen LogP contribution in [0.15, 0.2) is 0 Å². The molecule has 1 aliphatic rings. The molecule has 54 valence electrons. The molecule has 1 saturated carbocycles. The summed E-state index contributed by atoms with van der Waals surface area (Å²) >= 11 is 0. The van der Waals surface area contributed by atoms with Gasteiger partial charge in [0.1, 0.15) is 6.10 Å². The number of amides is 1. The van der Waals surface area contributed by atoms with Gasteiger partial charge in [-0.15, -0.1) is 12.4 Å². The highest BCUT2D eigenvalue weighted by atomic mass is 35.5. The van der Waals surface area contributed by atoms with Crippen LogP contribution in [-0.2, 0) is 4.74 Å². The highest BCUT2D eigenvalue weighted by molar-refractivity contribution is 5.85. The number of hydrogen-bond acceptors (Lipinski definition) is 2. The molecule has 1 aliphatic carbocycles. The van der Waals surface area contributed by atoms with Crippen LogP contribution in [0.3, 0.4) is 0 Å². The minimum Gasteiger partial charge on any atom is -0.446 e. The molecule has 0 saturated heterocycles. The molecule has 1 N–H and O–H groups in total. The van der Waals surface area contributed by atoms with Gasteiger partial charge in [0.15, 0.2) is 0 Å². The number of carbonyl (C=O) groups is 1. The molecular formula is C5H10ClNO2. The van der Waals surface area contributed by atoms with Gasteiger partial charge in [0, 0.05) is 7.05 Å². The highest BCUT2D eigenvalue weighted by Crippen LogP contribution is 2.22. The van der Waals surface area contributed by atoms with Crippen LogP contribution in [0.4, 0.5) is 4.79 Å². The zero-order valence-corrected chi connectivity index (χ0v) is 6.03. The van der Waals surface area contributed by atoms with Crippen LogP contribution in [0.25, 0.3) is 0 Å². The fraction of sp³-hybridized carbons (Fsp3) is 0.800. The van der Waals surface area contributed by atoms with E-state index in [1.165, 1.54) is 0 Å². The molecule has 0 aromatic carbocycles. The monoisotopic (exact) mass is 151 g/mol. The molecule has 0 bridgehead atoms. The fourth-order valence-corrected chi connectivity index (χ4v) is 0.396. The van der Waals surface area contributed by atoms with E-state index < -0.39 is 0 Å². The van der Waals surface area contributed by atoms with E-state index in [0.29, 0.717) is 0 Å². The molecule has 1 fully saturated rings. The molecule has 0 unspecified atom stereocenters. The van der Waals surface area contributed by atoms with Gasteiger partial charge in [-0.2, -0.15) is 0 Å². The number of alkyl carbamates (subject to hydrolysis) is 1. The van der Waals surface area contributed by atoms with Gasteiger partial charge in [-0.3, -0.25) is 0 Å². The molecule has 0 heterocycles. The smallest absolute Gasteiger partial charge is 0.407 e. The van der Waals surface area contributed by atoms with Gasteiger partial charge in [-0.1, -0.05) is 0 Å². The summed E-state index contributed by atoms with van der Waals surface area (Å²) in [5.41, 5.74) is 0. The van der Waals surface area contributed by atoms with Gasteiger partial charge in [-0.05, 0) is 12.8 Å². The molecule has 0 aromatic heterocycles. The van der Waals surface area contributed by atoms with Crippen molar-refractivity contribution in [1.82, 2.24) is 5.32 Å². The average molecular weight is 152 g/mol. The third kappa shape index (κ3) is 3.19. The maximum atomic E-state index is 10.3. The summed E-state index contributed by atoms with van der Waals surface area (Å²) in [5, 5.41) is 2.38. The van der Waals surface area contributed by atoms with Crippen molar-refractivity contribution in [3.05, 3.63) is 0 Å². The zero-order chi connectivity index (χ0) is 5.98. The lowest BCUT2D eigenvalue weighted by Gasteiger charge is -1.97. The van der Waals surface area contributed by atoms with E-state index >= 15 is 0 Å². The Kier molecular flexibility index (Phi) is 3.39. The normalized spacial score (nSPS) is 15.7. The molecule has 1 amide bonds. The van der Waals surface area contributed by atoms with Crippen molar-refractivity contribution in [2.24, 2.45) is 0 Å². The Balaban J connectivity index is 0.000000640. The summed E-state index contributed by atoms with van der Waals surface area (Å²) in [6.45, 7) is 0. The topological polar surface area (TPSA) is 38.3 Å². The zero-order valence-electron chi connectivity index (χ0n) is 5.22. The Bertz CT molecular complexity index is 103. The van der Waals surface area contributed by atoms with Crippen molar-refractivity contribution in [3.63, 3.8) is 0 Å². The second-order valence-electron chi connectivity index (χ2n) is 1.85. The van der Waals surface area contributed by atoms with Crippen molar-refractivity contribution in [2.75, 3.05) is 7.05 Å². The van der Waals surface area contributed by atoms with E-state index in [1.807, 2.05) is 0 Å². The second-order valence-corrected chi connectivity index (χ2v) is 1.85. The number of halogens is 1. The van der Waals surface area contributed by atoms with Crippen molar-refractivity contribution in [3.8, 4) is 0 Å². The number of rotatable bonds is 1. The minimum absolute atomic E-state index is 0. The fourth-order valence-electron chi connectivity index (χ4n) is 0.396. The van der Waals surface area contributed by atoms with Crippen LogP contribution >= 0.6 is 12.4 Å². The molecule has 9 heavy (non-hydrogen) atoms. The molecule has 0 atom stereocenters. The van der Waals surface area contributed by atoms with E-state index in [4.69, 9.17) is 4.74 Å². The van der Waals surface area contributed by atoms with E-state index in [2.05, 4.69) is 5.32 Å². The predicted molar refractivity (Wildman–Crippen MR) is 35.8 cm³/mol. The molecule has 1 rings (SSSR count). The van der Waals surface area contributed by atoms with Gasteiger partial charge >= 0.3 is 6.09 Å². The van der Waals surface area contributed by atoms with E-state index in [1.54, 1.807) is 7.05 Å². The van der Waals surface area contributed by atoms with Gasteiger partial charge < -0.3 is 10.1 Å².